The molecule has 0 aliphatic carbocycles. The fourth-order valence-corrected chi connectivity index (χ4v) is 1.59. The van der Waals surface area contributed by atoms with E-state index >= 15 is 0 Å². The van der Waals surface area contributed by atoms with Gasteiger partial charge >= 0.3 is 0 Å². The van der Waals surface area contributed by atoms with Crippen molar-refractivity contribution in [1.29, 1.82) is 5.26 Å². The second-order valence-electron chi connectivity index (χ2n) is 6.39. The Labute approximate surface area is 112 Å². The molecule has 0 fully saturated rings. The van der Waals surface area contributed by atoms with Gasteiger partial charge < -0.3 is 4.90 Å². The normalized spacial score (nSPS) is 11.7. The van der Waals surface area contributed by atoms with E-state index in [0.717, 1.165) is 25.9 Å². The summed E-state index contributed by atoms with van der Waals surface area (Å²) >= 11 is 0. The van der Waals surface area contributed by atoms with Crippen molar-refractivity contribution in [3.05, 3.63) is 0 Å². The van der Waals surface area contributed by atoms with Crippen LogP contribution in [0.15, 0.2) is 0 Å². The zero-order chi connectivity index (χ0) is 14.3. The molecule has 0 aromatic rings. The van der Waals surface area contributed by atoms with Crippen molar-refractivity contribution >= 4 is 5.91 Å². The molecular formula is C15H28N2O. The smallest absolute Gasteiger partial charge is 0.242 e. The number of carbonyl (C=O) groups is 1. The number of hydrogen-bond acceptors (Lipinski definition) is 2. The van der Waals surface area contributed by atoms with Crippen LogP contribution in [0.2, 0.25) is 0 Å². The minimum Gasteiger partial charge on any atom is -0.341 e. The number of amides is 1. The lowest BCUT2D eigenvalue weighted by Crippen LogP contribution is -2.42. The van der Waals surface area contributed by atoms with Gasteiger partial charge in [0.2, 0.25) is 5.91 Å². The van der Waals surface area contributed by atoms with E-state index in [4.69, 9.17) is 5.26 Å². The van der Waals surface area contributed by atoms with Gasteiger partial charge in [-0.05, 0) is 38.5 Å². The maximum absolute atomic E-state index is 12.3. The molecule has 0 spiro atoms. The molecule has 0 bridgehead atoms. The van der Waals surface area contributed by atoms with Crippen LogP contribution in [0, 0.1) is 28.6 Å². The second kappa shape index (κ2) is 7.41. The zero-order valence-corrected chi connectivity index (χ0v) is 12.8. The average molecular weight is 252 g/mol. The molecule has 0 aromatic heterocycles. The van der Waals surface area contributed by atoms with Crippen LogP contribution in [-0.4, -0.2) is 23.9 Å². The van der Waals surface area contributed by atoms with Gasteiger partial charge in [-0.15, -0.1) is 0 Å². The van der Waals surface area contributed by atoms with Crippen LogP contribution >= 0.6 is 0 Å². The molecule has 3 nitrogen and oxygen atoms in total. The van der Waals surface area contributed by atoms with Crippen molar-refractivity contribution in [2.45, 2.75) is 54.4 Å². The molecule has 18 heavy (non-hydrogen) atoms. The Hall–Kier alpha value is -1.04. The van der Waals surface area contributed by atoms with Gasteiger partial charge in [-0.25, -0.2) is 0 Å². The van der Waals surface area contributed by atoms with Gasteiger partial charge in [0.25, 0.3) is 0 Å². The first kappa shape index (κ1) is 17.0. The molecule has 104 valence electrons. The Morgan fingerprint density at radius 3 is 1.78 bits per heavy atom. The van der Waals surface area contributed by atoms with Gasteiger partial charge in [-0.1, -0.05) is 27.7 Å². The second-order valence-corrected chi connectivity index (χ2v) is 6.39. The fraction of sp³-hybridized carbons (Fsp3) is 0.867. The lowest BCUT2D eigenvalue weighted by atomic mass is 9.93. The van der Waals surface area contributed by atoms with E-state index < -0.39 is 5.41 Å². The molecule has 0 atom stereocenters. The predicted octanol–water partition coefficient (Wildman–Crippen LogP) is 3.46. The fourth-order valence-electron chi connectivity index (χ4n) is 1.59. The van der Waals surface area contributed by atoms with Crippen LogP contribution in [0.25, 0.3) is 0 Å². The van der Waals surface area contributed by atoms with Gasteiger partial charge in [0.05, 0.1) is 6.07 Å². The third-order valence-corrected chi connectivity index (χ3v) is 3.05. The molecule has 1 amide bonds. The summed E-state index contributed by atoms with van der Waals surface area (Å²) < 4.78 is 0. The largest absolute Gasteiger partial charge is 0.341 e. The van der Waals surface area contributed by atoms with Crippen LogP contribution in [0.1, 0.15) is 54.4 Å². The molecule has 0 saturated heterocycles. The SMILES string of the molecule is CC(C)CCN(CCC(C)C)C(=O)C(C)(C)C#N. The number of rotatable bonds is 7. The molecule has 0 aliphatic rings. The van der Waals surface area contributed by atoms with Crippen molar-refractivity contribution in [1.82, 2.24) is 4.90 Å². The Balaban J connectivity index is 4.65. The van der Waals surface area contributed by atoms with E-state index in [1.54, 1.807) is 13.8 Å². The monoisotopic (exact) mass is 252 g/mol. The van der Waals surface area contributed by atoms with Crippen LogP contribution in [0.3, 0.4) is 0 Å². The van der Waals surface area contributed by atoms with Crippen molar-refractivity contribution in [2.24, 2.45) is 17.3 Å². The predicted molar refractivity (Wildman–Crippen MR) is 74.9 cm³/mol. The average Bonchev–Trinajstić information content (AvgIpc) is 2.27. The molecule has 0 aromatic carbocycles. The molecule has 0 rings (SSSR count). The molecule has 0 aliphatic heterocycles. The number of carbonyl (C=O) groups excluding carboxylic acids is 1. The third-order valence-electron chi connectivity index (χ3n) is 3.05. The van der Waals surface area contributed by atoms with E-state index in [2.05, 4.69) is 33.8 Å². The van der Waals surface area contributed by atoms with Crippen LogP contribution in [-0.2, 0) is 4.79 Å². The van der Waals surface area contributed by atoms with Crippen molar-refractivity contribution in [3.63, 3.8) is 0 Å². The summed E-state index contributed by atoms with van der Waals surface area (Å²) in [6, 6.07) is 2.11. The Kier molecular flexibility index (Phi) is 6.98. The molecule has 0 N–H and O–H groups in total. The summed E-state index contributed by atoms with van der Waals surface area (Å²) in [5.41, 5.74) is -0.909. The quantitative estimate of drug-likeness (QED) is 0.696. The highest BCUT2D eigenvalue weighted by molar-refractivity contribution is 5.84. The Morgan fingerprint density at radius 2 is 1.50 bits per heavy atom. The number of nitriles is 1. The lowest BCUT2D eigenvalue weighted by molar-refractivity contribution is -0.137. The number of nitrogens with zero attached hydrogens (tertiary/aromatic N) is 2. The molecule has 3 heteroatoms. The summed E-state index contributed by atoms with van der Waals surface area (Å²) in [4.78, 5) is 14.2. The molecule has 0 unspecified atom stereocenters. The van der Waals surface area contributed by atoms with E-state index in [0.29, 0.717) is 11.8 Å². The lowest BCUT2D eigenvalue weighted by Gasteiger charge is -2.29. The first-order valence-electron chi connectivity index (χ1n) is 6.91. The van der Waals surface area contributed by atoms with Gasteiger partial charge in [-0.2, -0.15) is 5.26 Å². The topological polar surface area (TPSA) is 44.1 Å². The van der Waals surface area contributed by atoms with E-state index in [-0.39, 0.29) is 5.91 Å². The molecule has 0 radical (unpaired) electrons. The molecule has 0 saturated carbocycles. The minimum atomic E-state index is -0.909. The van der Waals surface area contributed by atoms with Gasteiger partial charge in [-0.3, -0.25) is 4.79 Å². The van der Waals surface area contributed by atoms with Crippen LogP contribution < -0.4 is 0 Å². The first-order valence-corrected chi connectivity index (χ1v) is 6.91. The zero-order valence-electron chi connectivity index (χ0n) is 12.8. The summed E-state index contributed by atoms with van der Waals surface area (Å²) in [6.07, 6.45) is 1.98. The highest BCUT2D eigenvalue weighted by atomic mass is 16.2. The minimum absolute atomic E-state index is 0.0358. The van der Waals surface area contributed by atoms with Gasteiger partial charge in [0.1, 0.15) is 5.41 Å². The number of hydrogen-bond donors (Lipinski definition) is 0. The summed E-state index contributed by atoms with van der Waals surface area (Å²) in [5, 5.41) is 9.07. The Bertz CT molecular complexity index is 288. The highest BCUT2D eigenvalue weighted by Gasteiger charge is 2.31. The first-order chi connectivity index (χ1) is 8.20. The van der Waals surface area contributed by atoms with Crippen molar-refractivity contribution < 1.29 is 4.79 Å². The summed E-state index contributed by atoms with van der Waals surface area (Å²) in [5.74, 6) is 1.11. The maximum atomic E-state index is 12.3. The molecular weight excluding hydrogens is 224 g/mol. The van der Waals surface area contributed by atoms with Gasteiger partial charge in [0, 0.05) is 13.1 Å². The van der Waals surface area contributed by atoms with Crippen LogP contribution in [0.5, 0.6) is 0 Å². The summed E-state index contributed by atoms with van der Waals surface area (Å²) in [6.45, 7) is 13.5. The third kappa shape index (κ3) is 6.05. The Morgan fingerprint density at radius 1 is 1.11 bits per heavy atom. The maximum Gasteiger partial charge on any atom is 0.242 e. The van der Waals surface area contributed by atoms with E-state index in [1.165, 1.54) is 0 Å². The van der Waals surface area contributed by atoms with Crippen LogP contribution in [0.4, 0.5) is 0 Å². The highest BCUT2D eigenvalue weighted by Crippen LogP contribution is 2.19. The molecule has 0 heterocycles. The summed E-state index contributed by atoms with van der Waals surface area (Å²) in [7, 11) is 0. The van der Waals surface area contributed by atoms with Gasteiger partial charge in [0.15, 0.2) is 0 Å². The van der Waals surface area contributed by atoms with Crippen molar-refractivity contribution in [3.8, 4) is 6.07 Å². The van der Waals surface area contributed by atoms with E-state index in [1.807, 2.05) is 4.90 Å². The van der Waals surface area contributed by atoms with Crippen molar-refractivity contribution in [2.75, 3.05) is 13.1 Å². The van der Waals surface area contributed by atoms with E-state index in [9.17, 15) is 4.79 Å². The standard InChI is InChI=1S/C15H28N2O/c1-12(2)7-9-17(10-8-13(3)4)14(18)15(5,6)11-16/h12-13H,7-10H2,1-6H3.